The van der Waals surface area contributed by atoms with Crippen LogP contribution in [0.15, 0.2) is 63.5 Å². The molecule has 0 atom stereocenters. The number of benzene rings is 2. The largest absolute Gasteiger partial charge is 0.494 e. The maximum Gasteiger partial charge on any atom is 0.291 e. The molecule has 6 heteroatoms. The molecule has 5 nitrogen and oxygen atoms in total. The highest BCUT2D eigenvalue weighted by Crippen LogP contribution is 2.27. The van der Waals surface area contributed by atoms with Crippen molar-refractivity contribution in [3.8, 4) is 17.1 Å². The maximum atomic E-state index is 12.4. The minimum absolute atomic E-state index is 0.214. The SMILES string of the molecule is CCOc1ccc(NC(=O)c2ccc(-c3ccc(Br)cc3)o2)c(N)c1. The first-order valence-corrected chi connectivity index (χ1v) is 8.55. The molecule has 2 aromatic carbocycles. The standard InChI is InChI=1S/C19H17BrN2O3/c1-2-24-14-7-8-16(15(21)11-14)22-19(23)18-10-9-17(25-18)12-3-5-13(20)6-4-12/h3-11H,2,21H2,1H3,(H,22,23). The van der Waals surface area contributed by atoms with Crippen molar-refractivity contribution >= 4 is 33.2 Å². The molecule has 0 bridgehead atoms. The Bertz CT molecular complexity index is 888. The number of ether oxygens (including phenoxy) is 1. The zero-order chi connectivity index (χ0) is 17.8. The summed E-state index contributed by atoms with van der Waals surface area (Å²) in [6.45, 7) is 2.45. The van der Waals surface area contributed by atoms with Crippen LogP contribution in [0.3, 0.4) is 0 Å². The van der Waals surface area contributed by atoms with Gasteiger partial charge in [0.15, 0.2) is 5.76 Å². The summed E-state index contributed by atoms with van der Waals surface area (Å²) in [6, 6.07) is 16.2. The molecule has 0 aliphatic carbocycles. The molecule has 0 unspecified atom stereocenters. The van der Waals surface area contributed by atoms with Crippen LogP contribution in [0.25, 0.3) is 11.3 Å². The molecule has 3 rings (SSSR count). The second-order valence-electron chi connectivity index (χ2n) is 5.31. The van der Waals surface area contributed by atoms with Crippen LogP contribution in [-0.4, -0.2) is 12.5 Å². The van der Waals surface area contributed by atoms with Gasteiger partial charge in [-0.3, -0.25) is 4.79 Å². The lowest BCUT2D eigenvalue weighted by Gasteiger charge is -2.09. The van der Waals surface area contributed by atoms with Gasteiger partial charge < -0.3 is 20.2 Å². The van der Waals surface area contributed by atoms with Gasteiger partial charge in [0.05, 0.1) is 18.0 Å². The quantitative estimate of drug-likeness (QED) is 0.594. The third-order valence-electron chi connectivity index (χ3n) is 3.54. The number of hydrogen-bond acceptors (Lipinski definition) is 4. The molecule has 0 aliphatic rings. The number of carbonyl (C=O) groups is 1. The highest BCUT2D eigenvalue weighted by Gasteiger charge is 2.14. The van der Waals surface area contributed by atoms with Crippen molar-refractivity contribution in [3.63, 3.8) is 0 Å². The molecule has 3 aromatic rings. The minimum Gasteiger partial charge on any atom is -0.494 e. The highest BCUT2D eigenvalue weighted by molar-refractivity contribution is 9.10. The first-order chi connectivity index (χ1) is 12.1. The van der Waals surface area contributed by atoms with Crippen molar-refractivity contribution in [1.29, 1.82) is 0 Å². The fourth-order valence-corrected chi connectivity index (χ4v) is 2.59. The molecule has 0 aliphatic heterocycles. The minimum atomic E-state index is -0.362. The summed E-state index contributed by atoms with van der Waals surface area (Å²) in [5.41, 5.74) is 7.79. The van der Waals surface area contributed by atoms with Gasteiger partial charge in [-0.2, -0.15) is 0 Å². The number of nitrogen functional groups attached to an aromatic ring is 1. The lowest BCUT2D eigenvalue weighted by atomic mass is 10.2. The Kier molecular flexibility index (Phi) is 5.09. The summed E-state index contributed by atoms with van der Waals surface area (Å²) in [6.07, 6.45) is 0. The number of hydrogen-bond donors (Lipinski definition) is 2. The number of furan rings is 1. The second-order valence-corrected chi connectivity index (χ2v) is 6.22. The van der Waals surface area contributed by atoms with E-state index < -0.39 is 0 Å². The predicted molar refractivity (Wildman–Crippen MR) is 102 cm³/mol. The van der Waals surface area contributed by atoms with Crippen LogP contribution < -0.4 is 15.8 Å². The van der Waals surface area contributed by atoms with Gasteiger partial charge in [-0.15, -0.1) is 0 Å². The van der Waals surface area contributed by atoms with Crippen molar-refractivity contribution in [2.45, 2.75) is 6.92 Å². The van der Waals surface area contributed by atoms with Crippen molar-refractivity contribution in [3.05, 3.63) is 64.8 Å². The molecular weight excluding hydrogens is 384 g/mol. The van der Waals surface area contributed by atoms with E-state index in [1.165, 1.54) is 0 Å². The van der Waals surface area contributed by atoms with Crippen LogP contribution in [0.1, 0.15) is 17.5 Å². The molecule has 0 saturated carbocycles. The van der Waals surface area contributed by atoms with Crippen molar-refractivity contribution < 1.29 is 13.9 Å². The molecular formula is C19H17BrN2O3. The van der Waals surface area contributed by atoms with E-state index in [0.717, 1.165) is 10.0 Å². The van der Waals surface area contributed by atoms with E-state index in [-0.39, 0.29) is 11.7 Å². The average Bonchev–Trinajstić information content (AvgIpc) is 3.08. The van der Waals surface area contributed by atoms with Crippen LogP contribution >= 0.6 is 15.9 Å². The molecule has 3 N–H and O–H groups in total. The molecule has 0 fully saturated rings. The number of halogens is 1. The molecule has 0 saturated heterocycles. The number of anilines is 2. The number of rotatable bonds is 5. The Morgan fingerprint density at radius 3 is 2.60 bits per heavy atom. The molecule has 1 heterocycles. The summed E-state index contributed by atoms with van der Waals surface area (Å²) < 4.78 is 12.0. The second kappa shape index (κ2) is 7.44. The number of nitrogens with two attached hydrogens (primary N) is 1. The third-order valence-corrected chi connectivity index (χ3v) is 4.07. The molecule has 0 spiro atoms. The first-order valence-electron chi connectivity index (χ1n) is 7.76. The Balaban J connectivity index is 1.75. The van der Waals surface area contributed by atoms with E-state index in [2.05, 4.69) is 21.2 Å². The van der Waals surface area contributed by atoms with E-state index in [4.69, 9.17) is 14.9 Å². The van der Waals surface area contributed by atoms with Crippen LogP contribution in [0.4, 0.5) is 11.4 Å². The van der Waals surface area contributed by atoms with Crippen LogP contribution in [0.5, 0.6) is 5.75 Å². The lowest BCUT2D eigenvalue weighted by Crippen LogP contribution is -2.12. The predicted octanol–water partition coefficient (Wildman–Crippen LogP) is 4.94. The molecule has 25 heavy (non-hydrogen) atoms. The van der Waals surface area contributed by atoms with Gasteiger partial charge in [0, 0.05) is 16.1 Å². The third kappa shape index (κ3) is 4.03. The number of carbonyl (C=O) groups excluding carboxylic acids is 1. The van der Waals surface area contributed by atoms with E-state index in [9.17, 15) is 4.79 Å². The fourth-order valence-electron chi connectivity index (χ4n) is 2.32. The summed E-state index contributed by atoms with van der Waals surface area (Å²) in [4.78, 5) is 12.4. The summed E-state index contributed by atoms with van der Waals surface area (Å²) in [5, 5.41) is 2.75. The van der Waals surface area contributed by atoms with Crippen molar-refractivity contribution in [2.75, 3.05) is 17.7 Å². The van der Waals surface area contributed by atoms with Gasteiger partial charge in [0.25, 0.3) is 5.91 Å². The van der Waals surface area contributed by atoms with Gasteiger partial charge in [-0.05, 0) is 43.3 Å². The highest BCUT2D eigenvalue weighted by atomic mass is 79.9. The molecule has 0 radical (unpaired) electrons. The van der Waals surface area contributed by atoms with Gasteiger partial charge in [-0.25, -0.2) is 0 Å². The van der Waals surface area contributed by atoms with Crippen molar-refractivity contribution in [2.24, 2.45) is 0 Å². The Morgan fingerprint density at radius 1 is 1.16 bits per heavy atom. The molecule has 1 aromatic heterocycles. The smallest absolute Gasteiger partial charge is 0.291 e. The van der Waals surface area contributed by atoms with Crippen molar-refractivity contribution in [1.82, 2.24) is 0 Å². The Labute approximate surface area is 153 Å². The van der Waals surface area contributed by atoms with Crippen LogP contribution in [0, 0.1) is 0 Å². The van der Waals surface area contributed by atoms with Gasteiger partial charge in [0.1, 0.15) is 11.5 Å². The van der Waals surface area contributed by atoms with E-state index in [1.807, 2.05) is 31.2 Å². The van der Waals surface area contributed by atoms with Gasteiger partial charge >= 0.3 is 0 Å². The summed E-state index contributed by atoms with van der Waals surface area (Å²) in [5.74, 6) is 1.14. The van der Waals surface area contributed by atoms with E-state index in [1.54, 1.807) is 30.3 Å². The fraction of sp³-hybridized carbons (Fsp3) is 0.105. The number of nitrogens with one attached hydrogen (secondary N) is 1. The van der Waals surface area contributed by atoms with Crippen LogP contribution in [0.2, 0.25) is 0 Å². The number of amides is 1. The normalized spacial score (nSPS) is 10.5. The summed E-state index contributed by atoms with van der Waals surface area (Å²) >= 11 is 3.39. The zero-order valence-corrected chi connectivity index (χ0v) is 15.2. The Hall–Kier alpha value is -2.73. The Morgan fingerprint density at radius 2 is 1.92 bits per heavy atom. The molecule has 1 amide bonds. The topological polar surface area (TPSA) is 77.5 Å². The maximum absolute atomic E-state index is 12.4. The lowest BCUT2D eigenvalue weighted by molar-refractivity contribution is 0.0997. The zero-order valence-electron chi connectivity index (χ0n) is 13.6. The van der Waals surface area contributed by atoms with E-state index in [0.29, 0.717) is 29.5 Å². The molecule has 128 valence electrons. The average molecular weight is 401 g/mol. The van der Waals surface area contributed by atoms with Gasteiger partial charge in [0.2, 0.25) is 0 Å². The van der Waals surface area contributed by atoms with E-state index >= 15 is 0 Å². The van der Waals surface area contributed by atoms with Crippen LogP contribution in [-0.2, 0) is 0 Å². The summed E-state index contributed by atoms with van der Waals surface area (Å²) in [7, 11) is 0. The monoisotopic (exact) mass is 400 g/mol. The van der Waals surface area contributed by atoms with Gasteiger partial charge in [-0.1, -0.05) is 28.1 Å². The first kappa shape index (κ1) is 17.1.